The molecule has 3 rings (SSSR count). The maximum Gasteiger partial charge on any atom is 0.315 e. The van der Waals surface area contributed by atoms with E-state index in [9.17, 15) is 4.79 Å². The zero-order chi connectivity index (χ0) is 17.1. The smallest absolute Gasteiger partial charge is 0.315 e. The number of carbonyl (C=O) groups is 1. The lowest BCUT2D eigenvalue weighted by atomic mass is 10.1. The lowest BCUT2D eigenvalue weighted by molar-refractivity contribution is 0.185. The second kappa shape index (κ2) is 7.13. The normalized spacial score (nSPS) is 18.5. The molecule has 130 valence electrons. The highest BCUT2D eigenvalue weighted by Crippen LogP contribution is 2.31. The van der Waals surface area contributed by atoms with Gasteiger partial charge < -0.3 is 24.5 Å². The third kappa shape index (κ3) is 3.48. The first kappa shape index (κ1) is 16.6. The lowest BCUT2D eigenvalue weighted by Gasteiger charge is -2.15. The quantitative estimate of drug-likeness (QED) is 0.882. The molecular weight excluding hydrogens is 308 g/mol. The Morgan fingerprint density at radius 2 is 2.29 bits per heavy atom. The molecule has 0 spiro atoms. The number of methoxy groups -OCH3 is 1. The number of aryl methyl sites for hydroxylation is 1. The molecule has 1 aromatic heterocycles. The molecule has 1 aromatic carbocycles. The van der Waals surface area contributed by atoms with Crippen LogP contribution in [0.25, 0.3) is 11.0 Å². The largest absolute Gasteiger partial charge is 0.497 e. The third-order valence-electron chi connectivity index (χ3n) is 4.50. The summed E-state index contributed by atoms with van der Waals surface area (Å²) in [4.78, 5) is 12.1. The van der Waals surface area contributed by atoms with Gasteiger partial charge in [-0.3, -0.25) is 0 Å². The Bertz CT molecular complexity index is 719. The third-order valence-corrected chi connectivity index (χ3v) is 4.50. The van der Waals surface area contributed by atoms with E-state index < -0.39 is 0 Å². The molecule has 24 heavy (non-hydrogen) atoms. The number of hydrogen-bond acceptors (Lipinski definition) is 4. The van der Waals surface area contributed by atoms with Gasteiger partial charge in [-0.15, -0.1) is 0 Å². The van der Waals surface area contributed by atoms with Crippen molar-refractivity contribution in [1.82, 2.24) is 10.6 Å². The average Bonchev–Trinajstić information content (AvgIpc) is 3.21. The number of furan rings is 1. The van der Waals surface area contributed by atoms with Crippen LogP contribution in [-0.2, 0) is 4.74 Å². The Morgan fingerprint density at radius 3 is 3.00 bits per heavy atom. The van der Waals surface area contributed by atoms with Crippen LogP contribution in [0.2, 0.25) is 0 Å². The molecule has 6 nitrogen and oxygen atoms in total. The van der Waals surface area contributed by atoms with E-state index in [1.807, 2.05) is 32.0 Å². The van der Waals surface area contributed by atoms with Gasteiger partial charge in [0.1, 0.15) is 17.1 Å². The first-order chi connectivity index (χ1) is 11.6. The number of nitrogens with one attached hydrogen (secondary N) is 2. The zero-order valence-corrected chi connectivity index (χ0v) is 14.3. The molecule has 0 bridgehead atoms. The van der Waals surface area contributed by atoms with E-state index in [-0.39, 0.29) is 12.1 Å². The molecule has 0 unspecified atom stereocenters. The first-order valence-corrected chi connectivity index (χ1v) is 8.27. The number of benzene rings is 1. The number of hydrogen-bond donors (Lipinski definition) is 2. The molecular formula is C18H24N2O4. The summed E-state index contributed by atoms with van der Waals surface area (Å²) in [6, 6.07) is 5.29. The lowest BCUT2D eigenvalue weighted by Crippen LogP contribution is -2.39. The fourth-order valence-corrected chi connectivity index (χ4v) is 3.05. The molecule has 2 atom stereocenters. The minimum absolute atomic E-state index is 0.188. The second-order valence-corrected chi connectivity index (χ2v) is 6.26. The minimum Gasteiger partial charge on any atom is -0.497 e. The van der Waals surface area contributed by atoms with Gasteiger partial charge in [0.05, 0.1) is 19.8 Å². The molecule has 2 amide bonds. The Kier molecular flexibility index (Phi) is 4.94. The van der Waals surface area contributed by atoms with Crippen LogP contribution in [0, 0.1) is 12.8 Å². The van der Waals surface area contributed by atoms with Gasteiger partial charge in [-0.2, -0.15) is 0 Å². The highest BCUT2D eigenvalue weighted by molar-refractivity contribution is 5.84. The van der Waals surface area contributed by atoms with Crippen LogP contribution in [0.1, 0.15) is 30.7 Å². The minimum atomic E-state index is -0.219. The number of carbonyl (C=O) groups excluding carboxylic acids is 1. The summed E-state index contributed by atoms with van der Waals surface area (Å²) in [5, 5.41) is 6.84. The monoisotopic (exact) mass is 332 g/mol. The SMILES string of the molecule is COc1ccc2oc([C@@H](C)NC(=O)NC[C@H]3CCOC3)c(C)c2c1. The zero-order valence-electron chi connectivity index (χ0n) is 14.3. The Morgan fingerprint density at radius 1 is 1.46 bits per heavy atom. The van der Waals surface area contributed by atoms with Crippen molar-refractivity contribution in [3.63, 3.8) is 0 Å². The maximum atomic E-state index is 12.1. The van der Waals surface area contributed by atoms with Gasteiger partial charge in [-0.25, -0.2) is 4.79 Å². The summed E-state index contributed by atoms with van der Waals surface area (Å²) >= 11 is 0. The van der Waals surface area contributed by atoms with Crippen LogP contribution in [0.15, 0.2) is 22.6 Å². The molecule has 2 heterocycles. The number of urea groups is 1. The predicted molar refractivity (Wildman–Crippen MR) is 91.4 cm³/mol. The van der Waals surface area contributed by atoms with Gasteiger partial charge >= 0.3 is 6.03 Å². The van der Waals surface area contributed by atoms with Gasteiger partial charge in [0.15, 0.2) is 0 Å². The molecule has 2 N–H and O–H groups in total. The van der Waals surface area contributed by atoms with Gasteiger partial charge in [-0.05, 0) is 38.5 Å². The highest BCUT2D eigenvalue weighted by Gasteiger charge is 2.20. The van der Waals surface area contributed by atoms with Gasteiger partial charge in [0.25, 0.3) is 0 Å². The van der Waals surface area contributed by atoms with E-state index in [2.05, 4.69) is 10.6 Å². The van der Waals surface area contributed by atoms with Crippen LogP contribution in [-0.4, -0.2) is 32.9 Å². The summed E-state index contributed by atoms with van der Waals surface area (Å²) < 4.78 is 16.5. The van der Waals surface area contributed by atoms with E-state index in [0.29, 0.717) is 12.5 Å². The van der Waals surface area contributed by atoms with Crippen molar-refractivity contribution in [3.8, 4) is 5.75 Å². The summed E-state index contributed by atoms with van der Waals surface area (Å²) in [5.41, 5.74) is 1.81. The van der Waals surface area contributed by atoms with Crippen molar-refractivity contribution in [3.05, 3.63) is 29.5 Å². The molecule has 2 aromatic rings. The van der Waals surface area contributed by atoms with E-state index >= 15 is 0 Å². The second-order valence-electron chi connectivity index (χ2n) is 6.26. The fraction of sp³-hybridized carbons (Fsp3) is 0.500. The Labute approximate surface area is 141 Å². The van der Waals surface area contributed by atoms with Gasteiger partial charge in [-0.1, -0.05) is 0 Å². The molecule has 0 aliphatic carbocycles. The number of amides is 2. The Balaban J connectivity index is 1.65. The van der Waals surface area contributed by atoms with E-state index in [1.165, 1.54) is 0 Å². The van der Waals surface area contributed by atoms with E-state index in [1.54, 1.807) is 7.11 Å². The summed E-state index contributed by atoms with van der Waals surface area (Å²) in [7, 11) is 1.64. The van der Waals surface area contributed by atoms with E-state index in [4.69, 9.17) is 13.9 Å². The highest BCUT2D eigenvalue weighted by atomic mass is 16.5. The van der Waals surface area contributed by atoms with E-state index in [0.717, 1.165) is 47.7 Å². The van der Waals surface area contributed by atoms with Crippen molar-refractivity contribution in [2.24, 2.45) is 5.92 Å². The molecule has 0 saturated carbocycles. The summed E-state index contributed by atoms with van der Waals surface area (Å²) in [6.45, 7) is 6.05. The number of ether oxygens (including phenoxy) is 2. The molecule has 1 aliphatic rings. The van der Waals surface area contributed by atoms with Crippen LogP contribution in [0.5, 0.6) is 5.75 Å². The standard InChI is InChI=1S/C18H24N2O4/c1-11-15-8-14(22-3)4-5-16(15)24-17(11)12(2)20-18(21)19-9-13-6-7-23-10-13/h4-5,8,12-13H,6-7,9-10H2,1-3H3,(H2,19,20,21)/t12-,13-/m1/s1. The molecule has 1 aliphatic heterocycles. The van der Waals surface area contributed by atoms with Gasteiger partial charge in [0.2, 0.25) is 0 Å². The van der Waals surface area contributed by atoms with Crippen LogP contribution < -0.4 is 15.4 Å². The van der Waals surface area contributed by atoms with Crippen LogP contribution in [0.4, 0.5) is 4.79 Å². The van der Waals surface area contributed by atoms with Crippen LogP contribution in [0.3, 0.4) is 0 Å². The summed E-state index contributed by atoms with van der Waals surface area (Å²) in [6.07, 6.45) is 1.00. The average molecular weight is 332 g/mol. The Hall–Kier alpha value is -2.21. The molecule has 0 radical (unpaired) electrons. The number of rotatable bonds is 5. The predicted octanol–water partition coefficient (Wildman–Crippen LogP) is 3.15. The first-order valence-electron chi connectivity index (χ1n) is 8.27. The molecule has 1 fully saturated rings. The maximum absolute atomic E-state index is 12.1. The van der Waals surface area contributed by atoms with Crippen molar-refractivity contribution >= 4 is 17.0 Å². The van der Waals surface area contributed by atoms with Gasteiger partial charge in [0, 0.05) is 30.0 Å². The molecule has 6 heteroatoms. The summed E-state index contributed by atoms with van der Waals surface area (Å²) in [5.74, 6) is 1.96. The van der Waals surface area contributed by atoms with Crippen molar-refractivity contribution in [1.29, 1.82) is 0 Å². The number of fused-ring (bicyclic) bond motifs is 1. The topological polar surface area (TPSA) is 72.7 Å². The fourth-order valence-electron chi connectivity index (χ4n) is 3.05. The van der Waals surface area contributed by atoms with Crippen molar-refractivity contribution < 1.29 is 18.7 Å². The molecule has 1 saturated heterocycles. The van der Waals surface area contributed by atoms with Crippen LogP contribution >= 0.6 is 0 Å². The van der Waals surface area contributed by atoms with Crippen molar-refractivity contribution in [2.45, 2.75) is 26.3 Å². The van der Waals surface area contributed by atoms with Crippen molar-refractivity contribution in [2.75, 3.05) is 26.9 Å².